The van der Waals surface area contributed by atoms with E-state index in [1.165, 1.54) is 15.3 Å². The molecule has 5 nitrogen and oxygen atoms in total. The molecule has 2 aromatic heterocycles. The summed E-state index contributed by atoms with van der Waals surface area (Å²) in [5, 5.41) is 4.23. The molecular weight excluding hydrogens is 426 g/mol. The van der Waals surface area contributed by atoms with Crippen molar-refractivity contribution in [2.75, 3.05) is 13.1 Å². The highest BCUT2D eigenvalue weighted by Gasteiger charge is 2.36. The predicted octanol–water partition coefficient (Wildman–Crippen LogP) is 4.05. The van der Waals surface area contributed by atoms with Crippen molar-refractivity contribution in [2.24, 2.45) is 5.73 Å². The number of rotatable bonds is 7. The van der Waals surface area contributed by atoms with E-state index in [0.717, 1.165) is 31.4 Å². The highest BCUT2D eigenvalue weighted by Crippen LogP contribution is 2.40. The lowest BCUT2D eigenvalue weighted by Gasteiger charge is -2.37. The van der Waals surface area contributed by atoms with Gasteiger partial charge in [0.15, 0.2) is 0 Å². The van der Waals surface area contributed by atoms with Crippen molar-refractivity contribution >= 4 is 34.5 Å². The van der Waals surface area contributed by atoms with E-state index in [-0.39, 0.29) is 11.9 Å². The van der Waals surface area contributed by atoms with Gasteiger partial charge in [-0.1, -0.05) is 18.2 Å². The summed E-state index contributed by atoms with van der Waals surface area (Å²) in [5.41, 5.74) is 8.24. The molecule has 5 rings (SSSR count). The van der Waals surface area contributed by atoms with Crippen LogP contribution in [0.2, 0.25) is 0 Å². The predicted molar refractivity (Wildman–Crippen MR) is 124 cm³/mol. The van der Waals surface area contributed by atoms with Crippen LogP contribution < -0.4 is 5.73 Å². The molecule has 160 valence electrons. The van der Waals surface area contributed by atoms with E-state index in [1.54, 1.807) is 34.8 Å². The van der Waals surface area contributed by atoms with Crippen LogP contribution in [-0.2, 0) is 17.8 Å². The van der Waals surface area contributed by atoms with Crippen LogP contribution in [0.4, 0.5) is 0 Å². The lowest BCUT2D eigenvalue weighted by Crippen LogP contribution is -2.45. The fourth-order valence-corrected chi connectivity index (χ4v) is 6.12. The van der Waals surface area contributed by atoms with Crippen molar-refractivity contribution in [3.05, 3.63) is 79.7 Å². The van der Waals surface area contributed by atoms with E-state index in [2.05, 4.69) is 38.8 Å². The number of carbonyl (C=O) groups is 2. The van der Waals surface area contributed by atoms with Crippen LogP contribution in [0.3, 0.4) is 0 Å². The number of nitrogens with zero attached hydrogens (tertiary/aromatic N) is 2. The molecule has 1 aliphatic heterocycles. The molecule has 31 heavy (non-hydrogen) atoms. The first-order valence-corrected chi connectivity index (χ1v) is 12.4. The molecule has 1 aliphatic carbocycles. The highest BCUT2D eigenvalue weighted by molar-refractivity contribution is 7.10. The molecule has 1 saturated carbocycles. The van der Waals surface area contributed by atoms with E-state index in [0.29, 0.717) is 24.7 Å². The number of fused-ring (bicyclic) bond motifs is 1. The fraction of sp³-hybridized carbons (Fsp3) is 0.333. The minimum atomic E-state index is -0.418. The Balaban J connectivity index is 1.34. The van der Waals surface area contributed by atoms with Crippen molar-refractivity contribution in [3.63, 3.8) is 0 Å². The van der Waals surface area contributed by atoms with Crippen LogP contribution in [0.1, 0.15) is 50.1 Å². The van der Waals surface area contributed by atoms with E-state index in [9.17, 15) is 9.59 Å². The zero-order chi connectivity index (χ0) is 21.4. The first-order valence-electron chi connectivity index (χ1n) is 10.6. The van der Waals surface area contributed by atoms with Gasteiger partial charge in [0.2, 0.25) is 11.8 Å². The topological polar surface area (TPSA) is 66.6 Å². The molecule has 1 aromatic carbocycles. The van der Waals surface area contributed by atoms with Crippen molar-refractivity contribution in [1.29, 1.82) is 0 Å². The van der Waals surface area contributed by atoms with E-state index >= 15 is 0 Å². The molecule has 3 heterocycles. The Morgan fingerprint density at radius 2 is 1.87 bits per heavy atom. The number of benzene rings is 1. The Bertz CT molecular complexity index is 1070. The van der Waals surface area contributed by atoms with Gasteiger partial charge < -0.3 is 10.6 Å². The molecule has 3 aromatic rings. The third kappa shape index (κ3) is 4.31. The molecule has 1 atom stereocenters. The summed E-state index contributed by atoms with van der Waals surface area (Å²) in [5.74, 6) is -0.228. The molecule has 2 amide bonds. The van der Waals surface area contributed by atoms with E-state index in [4.69, 9.17) is 5.73 Å². The van der Waals surface area contributed by atoms with Crippen LogP contribution in [0.5, 0.6) is 0 Å². The van der Waals surface area contributed by atoms with Gasteiger partial charge in [0, 0.05) is 34.4 Å². The Morgan fingerprint density at radius 3 is 2.55 bits per heavy atom. The standard InChI is InChI=1S/C24H25N3O2S2/c25-24(29)17-5-3-16(4-6-17)14-26(18-7-8-18)15-22(28)27-11-9-20-19(10-13-31-20)23(27)21-2-1-12-30-21/h1-6,10,12-13,18,23H,7-9,11,14-15H2,(H2,25,29)/t23-/m0/s1. The number of primary amides is 1. The van der Waals surface area contributed by atoms with Gasteiger partial charge >= 0.3 is 0 Å². The van der Waals surface area contributed by atoms with Gasteiger partial charge in [0.05, 0.1) is 12.6 Å². The fourth-order valence-electron chi connectivity index (χ4n) is 4.37. The summed E-state index contributed by atoms with van der Waals surface area (Å²) in [7, 11) is 0. The second-order valence-electron chi connectivity index (χ2n) is 8.25. The maximum absolute atomic E-state index is 13.5. The van der Waals surface area contributed by atoms with Crippen molar-refractivity contribution in [1.82, 2.24) is 9.80 Å². The third-order valence-electron chi connectivity index (χ3n) is 6.12. The van der Waals surface area contributed by atoms with Gasteiger partial charge in [-0.15, -0.1) is 22.7 Å². The molecule has 0 spiro atoms. The Kier molecular flexibility index (Phi) is 5.65. The Hall–Kier alpha value is -2.48. The number of hydrogen-bond acceptors (Lipinski definition) is 5. The lowest BCUT2D eigenvalue weighted by atomic mass is 9.98. The van der Waals surface area contributed by atoms with Crippen LogP contribution >= 0.6 is 22.7 Å². The molecule has 0 unspecified atom stereocenters. The van der Waals surface area contributed by atoms with Crippen LogP contribution in [0, 0.1) is 0 Å². The minimum Gasteiger partial charge on any atom is -0.366 e. The van der Waals surface area contributed by atoms with E-state index < -0.39 is 5.91 Å². The van der Waals surface area contributed by atoms with Gasteiger partial charge in [0.25, 0.3) is 0 Å². The lowest BCUT2D eigenvalue weighted by molar-refractivity contribution is -0.134. The van der Waals surface area contributed by atoms with Gasteiger partial charge in [-0.2, -0.15) is 0 Å². The largest absolute Gasteiger partial charge is 0.366 e. The van der Waals surface area contributed by atoms with Crippen LogP contribution in [0.25, 0.3) is 0 Å². The van der Waals surface area contributed by atoms with Gasteiger partial charge in [-0.3, -0.25) is 14.5 Å². The molecule has 2 N–H and O–H groups in total. The maximum atomic E-state index is 13.5. The van der Waals surface area contributed by atoms with Gasteiger partial charge in [0.1, 0.15) is 0 Å². The zero-order valence-electron chi connectivity index (χ0n) is 17.2. The first kappa shape index (κ1) is 20.4. The summed E-state index contributed by atoms with van der Waals surface area (Å²) in [4.78, 5) is 31.9. The van der Waals surface area contributed by atoms with Crippen LogP contribution in [-0.4, -0.2) is 40.7 Å². The second kappa shape index (κ2) is 8.57. The monoisotopic (exact) mass is 451 g/mol. The average molecular weight is 452 g/mol. The minimum absolute atomic E-state index is 0.0263. The molecule has 0 radical (unpaired) electrons. The smallest absolute Gasteiger partial charge is 0.248 e. The molecule has 7 heteroatoms. The number of hydrogen-bond donors (Lipinski definition) is 1. The number of carbonyl (C=O) groups excluding carboxylic acids is 2. The average Bonchev–Trinajstić information content (AvgIpc) is 3.26. The normalized spacial score (nSPS) is 18.2. The van der Waals surface area contributed by atoms with Gasteiger partial charge in [-0.05, 0) is 65.4 Å². The summed E-state index contributed by atoms with van der Waals surface area (Å²) >= 11 is 3.52. The maximum Gasteiger partial charge on any atom is 0.248 e. The molecule has 0 bridgehead atoms. The highest BCUT2D eigenvalue weighted by atomic mass is 32.1. The second-order valence-corrected chi connectivity index (χ2v) is 10.2. The van der Waals surface area contributed by atoms with Crippen molar-refractivity contribution in [3.8, 4) is 0 Å². The summed E-state index contributed by atoms with van der Waals surface area (Å²) in [6, 6.07) is 14.3. The SMILES string of the molecule is NC(=O)c1ccc(CN(CC(=O)N2CCc3sccc3[C@H]2c2cccs2)C2CC2)cc1. The van der Waals surface area contributed by atoms with Crippen LogP contribution in [0.15, 0.2) is 53.2 Å². The summed E-state index contributed by atoms with van der Waals surface area (Å²) in [6.07, 6.45) is 3.20. The molecular formula is C24H25N3O2S2. The molecule has 2 aliphatic rings. The zero-order valence-corrected chi connectivity index (χ0v) is 18.8. The molecule has 0 saturated heterocycles. The molecule has 1 fully saturated rings. The number of amides is 2. The Labute approximate surface area is 190 Å². The summed E-state index contributed by atoms with van der Waals surface area (Å²) < 4.78 is 0. The first-order chi connectivity index (χ1) is 15.1. The van der Waals surface area contributed by atoms with Crippen molar-refractivity contribution < 1.29 is 9.59 Å². The Morgan fingerprint density at radius 1 is 1.06 bits per heavy atom. The number of thiophene rings is 2. The van der Waals surface area contributed by atoms with Crippen molar-refractivity contribution in [2.45, 2.75) is 37.9 Å². The summed E-state index contributed by atoms with van der Waals surface area (Å²) in [6.45, 7) is 1.89. The number of nitrogens with two attached hydrogens (primary N) is 1. The van der Waals surface area contributed by atoms with Gasteiger partial charge in [-0.25, -0.2) is 0 Å². The quantitative estimate of drug-likeness (QED) is 0.589. The third-order valence-corrected chi connectivity index (χ3v) is 8.05. The van der Waals surface area contributed by atoms with E-state index in [1.807, 2.05) is 12.1 Å².